The minimum Gasteiger partial charge on any atom is -0.333 e. The van der Waals surface area contributed by atoms with E-state index >= 15 is 0 Å². The van der Waals surface area contributed by atoms with Crippen LogP contribution in [0.5, 0.6) is 0 Å². The van der Waals surface area contributed by atoms with E-state index in [0.29, 0.717) is 30.5 Å². The Morgan fingerprint density at radius 1 is 1.33 bits per heavy atom. The highest BCUT2D eigenvalue weighted by Crippen LogP contribution is 2.26. The van der Waals surface area contributed by atoms with Gasteiger partial charge in [-0.3, -0.25) is 9.59 Å². The van der Waals surface area contributed by atoms with Crippen LogP contribution >= 0.6 is 0 Å². The second-order valence-electron chi connectivity index (χ2n) is 5.22. The molecule has 3 rings (SSSR count). The number of nitrogens with zero attached hydrogens (tertiary/aromatic N) is 2. The number of nitrogens with one attached hydrogen (secondary N) is 2. The van der Waals surface area contributed by atoms with Gasteiger partial charge in [0.25, 0.3) is 5.91 Å². The molecule has 2 N–H and O–H groups in total. The first-order valence-corrected chi connectivity index (χ1v) is 6.63. The van der Waals surface area contributed by atoms with Crippen LogP contribution in [0.3, 0.4) is 0 Å². The lowest BCUT2D eigenvalue weighted by molar-refractivity contribution is -0.128. The van der Waals surface area contributed by atoms with Crippen LogP contribution in [0.1, 0.15) is 25.7 Å². The van der Waals surface area contributed by atoms with Crippen molar-refractivity contribution in [3.05, 3.63) is 0 Å². The quantitative estimate of drug-likeness (QED) is 0.656. The Bertz CT molecular complexity index is 407. The Balaban J connectivity index is 1.73. The van der Waals surface area contributed by atoms with Gasteiger partial charge in [0.2, 0.25) is 5.91 Å². The van der Waals surface area contributed by atoms with Gasteiger partial charge in [-0.05, 0) is 18.8 Å². The lowest BCUT2D eigenvalue weighted by Crippen LogP contribution is -2.51. The molecule has 0 radical (unpaired) electrons. The normalized spacial score (nSPS) is 31.7. The SMILES string of the molecule is O=C1CCC(C(=O)N2CCCC3CNCC32)=NN1. The maximum absolute atomic E-state index is 12.4. The van der Waals surface area contributed by atoms with Gasteiger partial charge >= 0.3 is 0 Å². The summed E-state index contributed by atoms with van der Waals surface area (Å²) in [6.45, 7) is 2.71. The molecule has 0 bridgehead atoms. The molecule has 3 heterocycles. The molecule has 3 aliphatic rings. The summed E-state index contributed by atoms with van der Waals surface area (Å²) in [5, 5.41) is 7.26. The number of hydrogen-bond donors (Lipinski definition) is 2. The maximum Gasteiger partial charge on any atom is 0.270 e. The van der Waals surface area contributed by atoms with E-state index in [1.54, 1.807) is 0 Å². The predicted molar refractivity (Wildman–Crippen MR) is 65.9 cm³/mol. The van der Waals surface area contributed by atoms with Crippen molar-refractivity contribution in [2.45, 2.75) is 31.7 Å². The molecule has 0 spiro atoms. The Morgan fingerprint density at radius 3 is 3.00 bits per heavy atom. The number of piperidine rings is 1. The van der Waals surface area contributed by atoms with Crippen molar-refractivity contribution in [2.75, 3.05) is 19.6 Å². The van der Waals surface area contributed by atoms with Crippen LogP contribution < -0.4 is 10.7 Å². The molecule has 2 unspecified atom stereocenters. The van der Waals surface area contributed by atoms with Crippen LogP contribution in [0, 0.1) is 5.92 Å². The first kappa shape index (κ1) is 11.6. The number of hydrogen-bond acceptors (Lipinski definition) is 4. The molecule has 0 aliphatic carbocycles. The second kappa shape index (κ2) is 4.68. The molecule has 0 aromatic carbocycles. The third-order valence-electron chi connectivity index (χ3n) is 4.09. The van der Waals surface area contributed by atoms with E-state index in [1.165, 1.54) is 6.42 Å². The van der Waals surface area contributed by atoms with E-state index in [4.69, 9.17) is 0 Å². The number of carbonyl (C=O) groups is 2. The molecule has 18 heavy (non-hydrogen) atoms. The number of likely N-dealkylation sites (tertiary alicyclic amines) is 1. The molecule has 0 aromatic rings. The monoisotopic (exact) mass is 250 g/mol. The highest BCUT2D eigenvalue weighted by molar-refractivity contribution is 6.39. The summed E-state index contributed by atoms with van der Waals surface area (Å²) in [4.78, 5) is 25.4. The lowest BCUT2D eigenvalue weighted by Gasteiger charge is -2.37. The van der Waals surface area contributed by atoms with Crippen LogP contribution in [0.25, 0.3) is 0 Å². The van der Waals surface area contributed by atoms with Gasteiger partial charge in [0.05, 0.1) is 0 Å². The largest absolute Gasteiger partial charge is 0.333 e. The first-order valence-electron chi connectivity index (χ1n) is 6.63. The van der Waals surface area contributed by atoms with Crippen molar-refractivity contribution in [1.29, 1.82) is 0 Å². The summed E-state index contributed by atoms with van der Waals surface area (Å²) in [5.41, 5.74) is 2.90. The van der Waals surface area contributed by atoms with Crippen LogP contribution in [0.4, 0.5) is 0 Å². The van der Waals surface area contributed by atoms with Crippen molar-refractivity contribution in [1.82, 2.24) is 15.6 Å². The Kier molecular flexibility index (Phi) is 3.03. The van der Waals surface area contributed by atoms with Gasteiger partial charge in [-0.25, -0.2) is 5.43 Å². The van der Waals surface area contributed by atoms with Gasteiger partial charge in [-0.2, -0.15) is 5.10 Å². The van der Waals surface area contributed by atoms with E-state index in [2.05, 4.69) is 15.8 Å². The van der Waals surface area contributed by atoms with Crippen LogP contribution in [-0.2, 0) is 9.59 Å². The predicted octanol–water partition coefficient (Wildman–Crippen LogP) is -0.537. The number of carbonyl (C=O) groups excluding carboxylic acids is 2. The third-order valence-corrected chi connectivity index (χ3v) is 4.09. The van der Waals surface area contributed by atoms with Crippen molar-refractivity contribution in [3.63, 3.8) is 0 Å². The van der Waals surface area contributed by atoms with E-state index in [-0.39, 0.29) is 11.8 Å². The fourth-order valence-corrected chi connectivity index (χ4v) is 3.11. The number of fused-ring (bicyclic) bond motifs is 1. The molecule has 0 saturated carbocycles. The number of amides is 2. The fourth-order valence-electron chi connectivity index (χ4n) is 3.11. The lowest BCUT2D eigenvalue weighted by atomic mass is 9.91. The molecular weight excluding hydrogens is 232 g/mol. The molecule has 3 aliphatic heterocycles. The molecule has 2 fully saturated rings. The topological polar surface area (TPSA) is 73.8 Å². The smallest absolute Gasteiger partial charge is 0.270 e. The number of rotatable bonds is 1. The molecular formula is C12H18N4O2. The molecule has 6 nitrogen and oxygen atoms in total. The average molecular weight is 250 g/mol. The van der Waals surface area contributed by atoms with Crippen LogP contribution in [0.2, 0.25) is 0 Å². The Hall–Kier alpha value is -1.43. The molecule has 2 atom stereocenters. The molecule has 0 aromatic heterocycles. The number of hydrazone groups is 1. The average Bonchev–Trinajstić information content (AvgIpc) is 2.87. The minimum absolute atomic E-state index is 0.00778. The minimum atomic E-state index is -0.106. The summed E-state index contributed by atoms with van der Waals surface area (Å²) in [6.07, 6.45) is 3.09. The maximum atomic E-state index is 12.4. The summed E-state index contributed by atoms with van der Waals surface area (Å²) in [6, 6.07) is 0.312. The van der Waals surface area contributed by atoms with Crippen molar-refractivity contribution in [2.24, 2.45) is 11.0 Å². The highest BCUT2D eigenvalue weighted by Gasteiger charge is 2.38. The molecule has 98 valence electrons. The molecule has 6 heteroatoms. The first-order chi connectivity index (χ1) is 8.75. The van der Waals surface area contributed by atoms with Crippen molar-refractivity contribution in [3.8, 4) is 0 Å². The van der Waals surface area contributed by atoms with E-state index in [9.17, 15) is 9.59 Å². The summed E-state index contributed by atoms with van der Waals surface area (Å²) < 4.78 is 0. The highest BCUT2D eigenvalue weighted by atomic mass is 16.2. The Morgan fingerprint density at radius 2 is 2.22 bits per heavy atom. The van der Waals surface area contributed by atoms with Crippen LogP contribution in [-0.4, -0.2) is 48.1 Å². The fraction of sp³-hybridized carbons (Fsp3) is 0.750. The second-order valence-corrected chi connectivity index (χ2v) is 5.22. The zero-order valence-electron chi connectivity index (χ0n) is 10.3. The van der Waals surface area contributed by atoms with Crippen molar-refractivity contribution < 1.29 is 9.59 Å². The van der Waals surface area contributed by atoms with Gasteiger partial charge in [0.15, 0.2) is 0 Å². The zero-order valence-corrected chi connectivity index (χ0v) is 10.3. The van der Waals surface area contributed by atoms with Gasteiger partial charge < -0.3 is 10.2 Å². The summed E-state index contributed by atoms with van der Waals surface area (Å²) >= 11 is 0. The Labute approximate surface area is 106 Å². The molecule has 2 amide bonds. The van der Waals surface area contributed by atoms with Gasteiger partial charge in [-0.1, -0.05) is 0 Å². The third kappa shape index (κ3) is 2.01. The van der Waals surface area contributed by atoms with E-state index < -0.39 is 0 Å². The van der Waals surface area contributed by atoms with E-state index in [0.717, 1.165) is 26.1 Å². The molecule has 2 saturated heterocycles. The van der Waals surface area contributed by atoms with Crippen LogP contribution in [0.15, 0.2) is 5.10 Å². The standard InChI is InChI=1S/C12H18N4O2/c17-11-4-3-9(14-15-11)12(18)16-5-1-2-8-6-13-7-10(8)16/h8,10,13H,1-7H2,(H,15,17). The summed E-state index contributed by atoms with van der Waals surface area (Å²) in [7, 11) is 0. The van der Waals surface area contributed by atoms with E-state index in [1.807, 2.05) is 4.90 Å². The van der Waals surface area contributed by atoms with Crippen molar-refractivity contribution >= 4 is 17.5 Å². The van der Waals surface area contributed by atoms with Gasteiger partial charge in [0, 0.05) is 38.5 Å². The van der Waals surface area contributed by atoms with Gasteiger partial charge in [0.1, 0.15) is 5.71 Å². The van der Waals surface area contributed by atoms with Gasteiger partial charge in [-0.15, -0.1) is 0 Å². The zero-order chi connectivity index (χ0) is 12.5. The summed E-state index contributed by atoms with van der Waals surface area (Å²) in [5.74, 6) is 0.487.